The van der Waals surface area contributed by atoms with Gasteiger partial charge in [-0.1, -0.05) is 46.0 Å². The predicted octanol–water partition coefficient (Wildman–Crippen LogP) is 2.98. The van der Waals surface area contributed by atoms with Crippen molar-refractivity contribution < 1.29 is 4.79 Å². The molecule has 1 saturated carbocycles. The highest BCUT2D eigenvalue weighted by atomic mass is 16.2. The summed E-state index contributed by atoms with van der Waals surface area (Å²) in [6, 6.07) is 0.328. The lowest BCUT2D eigenvalue weighted by Crippen LogP contribution is -2.49. The van der Waals surface area contributed by atoms with Gasteiger partial charge < -0.3 is 11.1 Å². The summed E-state index contributed by atoms with van der Waals surface area (Å²) in [4.78, 5) is 12.6. The van der Waals surface area contributed by atoms with E-state index in [1.54, 1.807) is 0 Å². The monoisotopic (exact) mass is 254 g/mol. The molecule has 1 atom stereocenters. The van der Waals surface area contributed by atoms with E-state index in [1.165, 1.54) is 12.8 Å². The number of carbonyl (C=O) groups excluding carboxylic acids is 1. The third-order valence-electron chi connectivity index (χ3n) is 4.40. The lowest BCUT2D eigenvalue weighted by Gasteiger charge is -2.32. The molecule has 0 saturated heterocycles. The topological polar surface area (TPSA) is 55.1 Å². The van der Waals surface area contributed by atoms with E-state index < -0.39 is 0 Å². The number of nitrogens with two attached hydrogens (primary N) is 1. The van der Waals surface area contributed by atoms with Crippen molar-refractivity contribution in [1.29, 1.82) is 0 Å². The van der Waals surface area contributed by atoms with Gasteiger partial charge in [0, 0.05) is 12.6 Å². The van der Waals surface area contributed by atoms with E-state index in [9.17, 15) is 4.79 Å². The van der Waals surface area contributed by atoms with Gasteiger partial charge in [-0.25, -0.2) is 0 Å². The van der Waals surface area contributed by atoms with Gasteiger partial charge in [0.05, 0.1) is 5.41 Å². The lowest BCUT2D eigenvalue weighted by atomic mass is 9.79. The normalized spacial score (nSPS) is 21.1. The van der Waals surface area contributed by atoms with Gasteiger partial charge in [0.1, 0.15) is 0 Å². The van der Waals surface area contributed by atoms with Gasteiger partial charge in [0.25, 0.3) is 0 Å². The molecule has 0 spiro atoms. The number of rotatable bonds is 6. The molecule has 1 unspecified atom stereocenters. The van der Waals surface area contributed by atoms with Gasteiger partial charge in [-0.2, -0.15) is 0 Å². The molecule has 0 aromatic heterocycles. The summed E-state index contributed by atoms with van der Waals surface area (Å²) in [5.74, 6) is 0.215. The summed E-state index contributed by atoms with van der Waals surface area (Å²) >= 11 is 0. The van der Waals surface area contributed by atoms with Crippen molar-refractivity contribution >= 4 is 5.91 Å². The third kappa shape index (κ3) is 3.98. The number of hydrogen-bond acceptors (Lipinski definition) is 2. The van der Waals surface area contributed by atoms with Crippen LogP contribution in [0.25, 0.3) is 0 Å². The van der Waals surface area contributed by atoms with Crippen molar-refractivity contribution in [1.82, 2.24) is 5.32 Å². The van der Waals surface area contributed by atoms with Gasteiger partial charge in [0.2, 0.25) is 5.91 Å². The zero-order valence-electron chi connectivity index (χ0n) is 12.1. The standard InChI is InChI=1S/C15H30N2O/c1-3-9-13(4-2)17-14(18)15(12-16)10-7-5-6-8-11-15/h13H,3-12,16H2,1-2H3,(H,17,18). The molecule has 0 aromatic carbocycles. The van der Waals surface area contributed by atoms with Crippen LogP contribution in [-0.4, -0.2) is 18.5 Å². The van der Waals surface area contributed by atoms with E-state index in [2.05, 4.69) is 19.2 Å². The Kier molecular flexibility index (Phi) is 6.69. The molecule has 1 aliphatic carbocycles. The molecule has 0 bridgehead atoms. The summed E-state index contributed by atoms with van der Waals surface area (Å²) in [5, 5.41) is 3.24. The Bertz CT molecular complexity index is 245. The van der Waals surface area contributed by atoms with Crippen LogP contribution in [-0.2, 0) is 4.79 Å². The first-order valence-corrected chi connectivity index (χ1v) is 7.69. The van der Waals surface area contributed by atoms with Crippen LogP contribution in [0.5, 0.6) is 0 Å². The number of nitrogens with one attached hydrogen (secondary N) is 1. The molecular weight excluding hydrogens is 224 g/mol. The average Bonchev–Trinajstić information content (AvgIpc) is 2.64. The van der Waals surface area contributed by atoms with Crippen LogP contribution < -0.4 is 11.1 Å². The highest BCUT2D eigenvalue weighted by molar-refractivity contribution is 5.83. The maximum Gasteiger partial charge on any atom is 0.227 e. The van der Waals surface area contributed by atoms with E-state index >= 15 is 0 Å². The quantitative estimate of drug-likeness (QED) is 0.716. The molecule has 3 nitrogen and oxygen atoms in total. The van der Waals surface area contributed by atoms with Crippen LogP contribution in [0.2, 0.25) is 0 Å². The Morgan fingerprint density at radius 1 is 1.22 bits per heavy atom. The number of hydrogen-bond donors (Lipinski definition) is 2. The van der Waals surface area contributed by atoms with E-state index in [4.69, 9.17) is 5.73 Å². The Morgan fingerprint density at radius 2 is 1.83 bits per heavy atom. The van der Waals surface area contributed by atoms with Crippen LogP contribution in [0.3, 0.4) is 0 Å². The van der Waals surface area contributed by atoms with E-state index in [0.29, 0.717) is 12.6 Å². The Morgan fingerprint density at radius 3 is 2.28 bits per heavy atom. The smallest absolute Gasteiger partial charge is 0.227 e. The number of amides is 1. The minimum Gasteiger partial charge on any atom is -0.353 e. The Hall–Kier alpha value is -0.570. The van der Waals surface area contributed by atoms with Crippen molar-refractivity contribution in [3.05, 3.63) is 0 Å². The van der Waals surface area contributed by atoms with Gasteiger partial charge in [0.15, 0.2) is 0 Å². The lowest BCUT2D eigenvalue weighted by molar-refractivity contribution is -0.132. The Labute approximate surface area is 112 Å². The third-order valence-corrected chi connectivity index (χ3v) is 4.40. The van der Waals surface area contributed by atoms with Crippen LogP contribution >= 0.6 is 0 Å². The fraction of sp³-hybridized carbons (Fsp3) is 0.933. The molecule has 3 N–H and O–H groups in total. The molecule has 0 aromatic rings. The van der Waals surface area contributed by atoms with Crippen molar-refractivity contribution in [2.75, 3.05) is 6.54 Å². The van der Waals surface area contributed by atoms with E-state index in [1.807, 2.05) is 0 Å². The molecule has 0 heterocycles. The molecule has 0 aliphatic heterocycles. The second-order valence-corrected chi connectivity index (χ2v) is 5.77. The average molecular weight is 254 g/mol. The van der Waals surface area contributed by atoms with Crippen LogP contribution in [0.4, 0.5) is 0 Å². The number of carbonyl (C=O) groups is 1. The maximum absolute atomic E-state index is 12.6. The van der Waals surface area contributed by atoms with Gasteiger partial charge >= 0.3 is 0 Å². The molecular formula is C15H30N2O. The van der Waals surface area contributed by atoms with Crippen LogP contribution in [0.15, 0.2) is 0 Å². The van der Waals surface area contributed by atoms with Gasteiger partial charge in [-0.15, -0.1) is 0 Å². The fourth-order valence-corrected chi connectivity index (χ4v) is 2.99. The molecule has 106 valence electrons. The second-order valence-electron chi connectivity index (χ2n) is 5.77. The second kappa shape index (κ2) is 7.78. The first-order valence-electron chi connectivity index (χ1n) is 7.69. The zero-order chi connectivity index (χ0) is 13.4. The molecule has 1 aliphatic rings. The molecule has 1 fully saturated rings. The molecule has 1 amide bonds. The summed E-state index contributed by atoms with van der Waals surface area (Å²) in [6.07, 6.45) is 9.94. The molecule has 0 radical (unpaired) electrons. The molecule has 1 rings (SSSR count). The van der Waals surface area contributed by atoms with Crippen LogP contribution in [0, 0.1) is 5.41 Å². The first-order chi connectivity index (χ1) is 8.68. The fourth-order valence-electron chi connectivity index (χ4n) is 2.99. The highest BCUT2D eigenvalue weighted by Gasteiger charge is 2.37. The minimum absolute atomic E-state index is 0.215. The summed E-state index contributed by atoms with van der Waals surface area (Å²) in [7, 11) is 0. The van der Waals surface area contributed by atoms with Crippen molar-refractivity contribution in [3.8, 4) is 0 Å². The summed E-state index contributed by atoms with van der Waals surface area (Å²) in [6.45, 7) is 4.81. The van der Waals surface area contributed by atoms with Crippen molar-refractivity contribution in [2.45, 2.75) is 77.7 Å². The zero-order valence-corrected chi connectivity index (χ0v) is 12.1. The van der Waals surface area contributed by atoms with Crippen molar-refractivity contribution in [3.63, 3.8) is 0 Å². The van der Waals surface area contributed by atoms with E-state index in [-0.39, 0.29) is 11.3 Å². The Balaban J connectivity index is 2.64. The first kappa shape index (κ1) is 15.5. The summed E-state index contributed by atoms with van der Waals surface area (Å²) in [5.41, 5.74) is 5.66. The van der Waals surface area contributed by atoms with Crippen molar-refractivity contribution in [2.24, 2.45) is 11.1 Å². The largest absolute Gasteiger partial charge is 0.353 e. The maximum atomic E-state index is 12.6. The highest BCUT2D eigenvalue weighted by Crippen LogP contribution is 2.34. The van der Waals surface area contributed by atoms with Gasteiger partial charge in [-0.05, 0) is 25.7 Å². The summed E-state index contributed by atoms with van der Waals surface area (Å²) < 4.78 is 0. The predicted molar refractivity (Wildman–Crippen MR) is 76.3 cm³/mol. The SMILES string of the molecule is CCCC(CC)NC(=O)C1(CN)CCCCCC1. The molecule has 3 heteroatoms. The van der Waals surface area contributed by atoms with Gasteiger partial charge in [-0.3, -0.25) is 4.79 Å². The van der Waals surface area contributed by atoms with E-state index in [0.717, 1.165) is 44.9 Å². The van der Waals surface area contributed by atoms with Crippen LogP contribution in [0.1, 0.15) is 71.6 Å². The molecule has 18 heavy (non-hydrogen) atoms. The minimum atomic E-state index is -0.280.